The van der Waals surface area contributed by atoms with Gasteiger partial charge in [0.25, 0.3) is 0 Å². The molecule has 2 aromatic carbocycles. The standard InChI is InChI=1S/C23H32BrClN2O2.2ClH/c1-4-27(5-2)13-7-12-26-16-19-14-21(24)23(22(15-19)28-6-3)29-17-18-8-10-20(25)11-9-18;;/h8-11,14-15,26H,4-7,12-13,16-17H2,1-3H3;2*1H. The molecule has 2 aromatic rings. The maximum absolute atomic E-state index is 6.05. The zero-order valence-electron chi connectivity index (χ0n) is 18.5. The van der Waals surface area contributed by atoms with Crippen LogP contribution in [0.15, 0.2) is 40.9 Å². The molecule has 1 N–H and O–H groups in total. The molecule has 0 amide bonds. The molecule has 0 aromatic heterocycles. The number of ether oxygens (including phenoxy) is 2. The van der Waals surface area contributed by atoms with Gasteiger partial charge in [-0.25, -0.2) is 0 Å². The van der Waals surface area contributed by atoms with E-state index in [0.717, 1.165) is 65.7 Å². The molecule has 0 spiro atoms. The second-order valence-electron chi connectivity index (χ2n) is 6.81. The van der Waals surface area contributed by atoms with Crippen LogP contribution in [0.25, 0.3) is 0 Å². The van der Waals surface area contributed by atoms with Gasteiger partial charge in [0, 0.05) is 11.6 Å². The normalized spacial score (nSPS) is 10.4. The fourth-order valence-electron chi connectivity index (χ4n) is 3.06. The maximum atomic E-state index is 6.05. The van der Waals surface area contributed by atoms with Crippen molar-refractivity contribution in [1.29, 1.82) is 0 Å². The van der Waals surface area contributed by atoms with Crippen molar-refractivity contribution in [1.82, 2.24) is 10.2 Å². The molecule has 0 aliphatic carbocycles. The summed E-state index contributed by atoms with van der Waals surface area (Å²) in [5.41, 5.74) is 2.23. The lowest BCUT2D eigenvalue weighted by molar-refractivity contribution is 0.267. The topological polar surface area (TPSA) is 33.7 Å². The summed E-state index contributed by atoms with van der Waals surface area (Å²) in [4.78, 5) is 2.44. The van der Waals surface area contributed by atoms with E-state index in [1.54, 1.807) is 0 Å². The second-order valence-corrected chi connectivity index (χ2v) is 8.10. The smallest absolute Gasteiger partial charge is 0.175 e. The molecule has 0 aliphatic rings. The zero-order chi connectivity index (χ0) is 21.1. The Morgan fingerprint density at radius 3 is 2.26 bits per heavy atom. The third-order valence-corrected chi connectivity index (χ3v) is 5.56. The van der Waals surface area contributed by atoms with Gasteiger partial charge >= 0.3 is 0 Å². The van der Waals surface area contributed by atoms with Gasteiger partial charge in [0.15, 0.2) is 11.5 Å². The van der Waals surface area contributed by atoms with Gasteiger partial charge in [0.05, 0.1) is 11.1 Å². The lowest BCUT2D eigenvalue weighted by Gasteiger charge is -2.18. The van der Waals surface area contributed by atoms with Gasteiger partial charge in [-0.1, -0.05) is 37.6 Å². The summed E-state index contributed by atoms with van der Waals surface area (Å²) in [7, 11) is 0. The van der Waals surface area contributed by atoms with Gasteiger partial charge < -0.3 is 19.7 Å². The Balaban J connectivity index is 0.00000450. The fraction of sp³-hybridized carbons (Fsp3) is 0.478. The average molecular weight is 557 g/mol. The minimum atomic E-state index is 0. The van der Waals surface area contributed by atoms with E-state index in [0.29, 0.717) is 13.2 Å². The molecule has 0 saturated heterocycles. The largest absolute Gasteiger partial charge is 0.490 e. The van der Waals surface area contributed by atoms with Crippen LogP contribution in [0, 0.1) is 0 Å². The molecule has 2 rings (SSSR count). The third kappa shape index (κ3) is 10.6. The number of benzene rings is 2. The van der Waals surface area contributed by atoms with Crippen molar-refractivity contribution >= 4 is 52.3 Å². The molecule has 0 radical (unpaired) electrons. The SMILES string of the molecule is CCOc1cc(CNCCCN(CC)CC)cc(Br)c1OCc1ccc(Cl)cc1.Cl.Cl. The van der Waals surface area contributed by atoms with Crippen LogP contribution in [0.1, 0.15) is 38.3 Å². The molecule has 0 aliphatic heterocycles. The van der Waals surface area contributed by atoms with Crippen LogP contribution < -0.4 is 14.8 Å². The van der Waals surface area contributed by atoms with Crippen LogP contribution in [0.5, 0.6) is 11.5 Å². The molecular formula is C23H34BrCl3N2O2. The quantitative estimate of drug-likeness (QED) is 0.277. The van der Waals surface area contributed by atoms with Crippen LogP contribution in [-0.4, -0.2) is 37.7 Å². The first-order valence-corrected chi connectivity index (χ1v) is 11.5. The minimum absolute atomic E-state index is 0. The van der Waals surface area contributed by atoms with E-state index < -0.39 is 0 Å². The van der Waals surface area contributed by atoms with Gasteiger partial charge in [0.2, 0.25) is 0 Å². The van der Waals surface area contributed by atoms with Crippen molar-refractivity contribution in [2.24, 2.45) is 0 Å². The van der Waals surface area contributed by atoms with Crippen molar-refractivity contribution in [3.63, 3.8) is 0 Å². The minimum Gasteiger partial charge on any atom is -0.490 e. The summed E-state index contributed by atoms with van der Waals surface area (Å²) in [6.07, 6.45) is 1.14. The Hall–Kier alpha value is -0.690. The first-order chi connectivity index (χ1) is 14.1. The van der Waals surface area contributed by atoms with Crippen molar-refractivity contribution < 1.29 is 9.47 Å². The van der Waals surface area contributed by atoms with Crippen molar-refractivity contribution in [2.45, 2.75) is 40.3 Å². The fourth-order valence-corrected chi connectivity index (χ4v) is 3.79. The number of rotatable bonds is 13. The van der Waals surface area contributed by atoms with Crippen LogP contribution >= 0.6 is 52.3 Å². The molecule has 176 valence electrons. The Labute approximate surface area is 213 Å². The molecule has 0 unspecified atom stereocenters. The van der Waals surface area contributed by atoms with Gasteiger partial charge in [-0.2, -0.15) is 0 Å². The van der Waals surface area contributed by atoms with E-state index in [1.165, 1.54) is 5.56 Å². The van der Waals surface area contributed by atoms with E-state index in [2.05, 4.69) is 52.1 Å². The lowest BCUT2D eigenvalue weighted by Crippen LogP contribution is -2.27. The molecule has 0 bridgehead atoms. The van der Waals surface area contributed by atoms with E-state index in [1.807, 2.05) is 31.2 Å². The summed E-state index contributed by atoms with van der Waals surface area (Å²) >= 11 is 9.61. The van der Waals surface area contributed by atoms with Crippen molar-refractivity contribution in [2.75, 3.05) is 32.8 Å². The van der Waals surface area contributed by atoms with Crippen LogP contribution in [0.3, 0.4) is 0 Å². The number of hydrogen-bond donors (Lipinski definition) is 1. The highest BCUT2D eigenvalue weighted by molar-refractivity contribution is 9.10. The summed E-state index contributed by atoms with van der Waals surface area (Å²) in [6.45, 7) is 12.6. The van der Waals surface area contributed by atoms with E-state index in [4.69, 9.17) is 21.1 Å². The number of halogens is 4. The summed E-state index contributed by atoms with van der Waals surface area (Å²) in [5.74, 6) is 1.49. The highest BCUT2D eigenvalue weighted by atomic mass is 79.9. The molecule has 0 heterocycles. The maximum Gasteiger partial charge on any atom is 0.175 e. The number of hydrogen-bond acceptors (Lipinski definition) is 4. The lowest BCUT2D eigenvalue weighted by atomic mass is 10.2. The molecule has 0 atom stereocenters. The zero-order valence-corrected chi connectivity index (χ0v) is 22.4. The van der Waals surface area contributed by atoms with Gasteiger partial charge in [0.1, 0.15) is 6.61 Å². The highest BCUT2D eigenvalue weighted by Gasteiger charge is 2.13. The first kappa shape index (κ1) is 30.3. The van der Waals surface area contributed by atoms with Crippen LogP contribution in [0.4, 0.5) is 0 Å². The van der Waals surface area contributed by atoms with Crippen LogP contribution in [0.2, 0.25) is 5.02 Å². The summed E-state index contributed by atoms with van der Waals surface area (Å²) < 4.78 is 12.8. The van der Waals surface area contributed by atoms with Gasteiger partial charge in [-0.15, -0.1) is 24.8 Å². The molecule has 8 heteroatoms. The predicted octanol–water partition coefficient (Wildman–Crippen LogP) is 6.75. The van der Waals surface area contributed by atoms with Gasteiger partial charge in [-0.05, 0) is 90.8 Å². The van der Waals surface area contributed by atoms with E-state index in [-0.39, 0.29) is 24.8 Å². The van der Waals surface area contributed by atoms with Crippen molar-refractivity contribution in [3.8, 4) is 11.5 Å². The Morgan fingerprint density at radius 2 is 1.65 bits per heavy atom. The summed E-state index contributed by atoms with van der Waals surface area (Å²) in [6, 6.07) is 11.8. The molecular weight excluding hydrogens is 523 g/mol. The first-order valence-electron chi connectivity index (χ1n) is 10.3. The van der Waals surface area contributed by atoms with E-state index >= 15 is 0 Å². The predicted molar refractivity (Wildman–Crippen MR) is 140 cm³/mol. The highest BCUT2D eigenvalue weighted by Crippen LogP contribution is 2.37. The number of nitrogens with zero attached hydrogens (tertiary/aromatic N) is 1. The van der Waals surface area contributed by atoms with Crippen LogP contribution in [-0.2, 0) is 13.2 Å². The molecule has 4 nitrogen and oxygen atoms in total. The molecule has 0 fully saturated rings. The molecule has 31 heavy (non-hydrogen) atoms. The number of nitrogens with one attached hydrogen (secondary N) is 1. The van der Waals surface area contributed by atoms with Crippen molar-refractivity contribution in [3.05, 3.63) is 57.0 Å². The third-order valence-electron chi connectivity index (χ3n) is 4.72. The monoisotopic (exact) mass is 554 g/mol. The van der Waals surface area contributed by atoms with Gasteiger partial charge in [-0.3, -0.25) is 0 Å². The Bertz CT molecular complexity index is 744. The molecule has 0 saturated carbocycles. The Morgan fingerprint density at radius 1 is 0.968 bits per heavy atom. The average Bonchev–Trinajstić information content (AvgIpc) is 2.71. The Kier molecular flexibility index (Phi) is 16.5. The second kappa shape index (κ2) is 16.9. The van der Waals surface area contributed by atoms with E-state index in [9.17, 15) is 0 Å². The summed E-state index contributed by atoms with van der Waals surface area (Å²) in [5, 5.41) is 4.25.